The Morgan fingerprint density at radius 1 is 1.29 bits per heavy atom. The maximum Gasteiger partial charge on any atom is 0.0623 e. The van der Waals surface area contributed by atoms with Crippen molar-refractivity contribution >= 4 is 0 Å². The molecule has 21 heavy (non-hydrogen) atoms. The van der Waals surface area contributed by atoms with Crippen LogP contribution in [0, 0.1) is 0 Å². The first kappa shape index (κ1) is 18.9. The van der Waals surface area contributed by atoms with Crippen LogP contribution in [0.4, 0.5) is 0 Å². The molecule has 1 heterocycles. The molecule has 0 aliphatic carbocycles. The van der Waals surface area contributed by atoms with Crippen molar-refractivity contribution in [2.45, 2.75) is 64.1 Å². The molecule has 126 valence electrons. The van der Waals surface area contributed by atoms with Crippen LogP contribution in [-0.2, 0) is 4.74 Å². The summed E-state index contributed by atoms with van der Waals surface area (Å²) < 4.78 is 5.57. The van der Waals surface area contributed by atoms with E-state index in [-0.39, 0.29) is 5.60 Å². The van der Waals surface area contributed by atoms with Crippen molar-refractivity contribution in [3.63, 3.8) is 0 Å². The van der Waals surface area contributed by atoms with Gasteiger partial charge in [-0.1, -0.05) is 6.92 Å². The van der Waals surface area contributed by atoms with Gasteiger partial charge >= 0.3 is 0 Å². The Morgan fingerprint density at radius 3 is 2.62 bits per heavy atom. The second-order valence-corrected chi connectivity index (χ2v) is 7.29. The van der Waals surface area contributed by atoms with Gasteiger partial charge in [0.1, 0.15) is 0 Å². The number of nitrogens with one attached hydrogen (secondary N) is 1. The number of hydrogen-bond acceptors (Lipinski definition) is 4. The van der Waals surface area contributed by atoms with Crippen molar-refractivity contribution in [1.29, 1.82) is 0 Å². The van der Waals surface area contributed by atoms with Gasteiger partial charge in [0.05, 0.1) is 5.60 Å². The van der Waals surface area contributed by atoms with Crippen LogP contribution in [0.3, 0.4) is 0 Å². The van der Waals surface area contributed by atoms with Crippen LogP contribution in [-0.4, -0.2) is 74.9 Å². The van der Waals surface area contributed by atoms with Crippen LogP contribution in [0.25, 0.3) is 0 Å². The molecule has 0 saturated carbocycles. The number of likely N-dealkylation sites (N-methyl/N-ethyl adjacent to an activating group) is 2. The molecule has 0 spiro atoms. The molecule has 0 aromatic heterocycles. The van der Waals surface area contributed by atoms with E-state index in [1.807, 2.05) is 7.11 Å². The van der Waals surface area contributed by atoms with Crippen molar-refractivity contribution < 1.29 is 4.74 Å². The summed E-state index contributed by atoms with van der Waals surface area (Å²) in [4.78, 5) is 4.99. The Bertz CT molecular complexity index is 283. The summed E-state index contributed by atoms with van der Waals surface area (Å²) in [7, 11) is 6.33. The molecule has 0 radical (unpaired) electrons. The van der Waals surface area contributed by atoms with Crippen LogP contribution < -0.4 is 5.32 Å². The molecule has 4 nitrogen and oxygen atoms in total. The van der Waals surface area contributed by atoms with Gasteiger partial charge in [-0.3, -0.25) is 0 Å². The second-order valence-electron chi connectivity index (χ2n) is 7.29. The average Bonchev–Trinajstić information content (AvgIpc) is 2.45. The highest BCUT2D eigenvalue weighted by Gasteiger charge is 2.26. The van der Waals surface area contributed by atoms with E-state index in [2.05, 4.69) is 50.0 Å². The topological polar surface area (TPSA) is 27.7 Å². The molecule has 2 unspecified atom stereocenters. The number of ether oxygens (including phenoxy) is 1. The fourth-order valence-electron chi connectivity index (χ4n) is 2.96. The average molecular weight is 300 g/mol. The van der Waals surface area contributed by atoms with Crippen molar-refractivity contribution in [2.75, 3.05) is 47.4 Å². The second kappa shape index (κ2) is 9.09. The van der Waals surface area contributed by atoms with Gasteiger partial charge in [0, 0.05) is 38.8 Å². The summed E-state index contributed by atoms with van der Waals surface area (Å²) in [5.41, 5.74) is -0.0125. The lowest BCUT2D eigenvalue weighted by atomic mass is 9.94. The van der Waals surface area contributed by atoms with E-state index in [0.717, 1.165) is 13.0 Å². The van der Waals surface area contributed by atoms with E-state index in [4.69, 9.17) is 4.74 Å². The normalized spacial score (nSPS) is 23.4. The number of methoxy groups -OCH3 is 1. The van der Waals surface area contributed by atoms with Gasteiger partial charge in [-0.05, 0) is 60.2 Å². The minimum absolute atomic E-state index is 0.0125. The van der Waals surface area contributed by atoms with Crippen LogP contribution >= 0.6 is 0 Å². The summed E-state index contributed by atoms with van der Waals surface area (Å²) in [6, 6.07) is 1.27. The SMILES string of the molecule is CCCNC(CCC(C)(C)OC)CC1CN(C)CCN1C. The first-order valence-corrected chi connectivity index (χ1v) is 8.55. The standard InChI is InChI=1S/C17H37N3O/c1-7-10-18-15(8-9-17(2,3)21-6)13-16-14-19(4)11-12-20(16)5/h15-16,18H,7-14H2,1-6H3. The quantitative estimate of drug-likeness (QED) is 0.706. The fourth-order valence-corrected chi connectivity index (χ4v) is 2.96. The Balaban J connectivity index is 2.51. The highest BCUT2D eigenvalue weighted by molar-refractivity contribution is 4.84. The molecular weight excluding hydrogens is 262 g/mol. The van der Waals surface area contributed by atoms with Gasteiger partial charge in [0.2, 0.25) is 0 Å². The van der Waals surface area contributed by atoms with Crippen molar-refractivity contribution in [3.8, 4) is 0 Å². The summed E-state index contributed by atoms with van der Waals surface area (Å²) in [6.07, 6.45) is 4.73. The van der Waals surface area contributed by atoms with E-state index < -0.39 is 0 Å². The number of nitrogens with zero attached hydrogens (tertiary/aromatic N) is 2. The number of rotatable bonds is 9. The number of hydrogen-bond donors (Lipinski definition) is 1. The fraction of sp³-hybridized carbons (Fsp3) is 1.00. The predicted octanol–water partition coefficient (Wildman–Crippen LogP) is 2.20. The zero-order valence-corrected chi connectivity index (χ0v) is 15.1. The van der Waals surface area contributed by atoms with E-state index in [0.29, 0.717) is 12.1 Å². The first-order chi connectivity index (χ1) is 9.88. The lowest BCUT2D eigenvalue weighted by Gasteiger charge is -2.40. The number of piperazine rings is 1. The van der Waals surface area contributed by atoms with Gasteiger partial charge in [-0.2, -0.15) is 0 Å². The molecule has 1 aliphatic heterocycles. The third-order valence-corrected chi connectivity index (χ3v) is 4.87. The molecule has 1 aliphatic rings. The largest absolute Gasteiger partial charge is 0.379 e. The highest BCUT2D eigenvalue weighted by atomic mass is 16.5. The van der Waals surface area contributed by atoms with Crippen molar-refractivity contribution in [3.05, 3.63) is 0 Å². The molecule has 1 saturated heterocycles. The molecule has 0 bridgehead atoms. The smallest absolute Gasteiger partial charge is 0.0623 e. The maximum atomic E-state index is 5.57. The van der Waals surface area contributed by atoms with E-state index in [1.54, 1.807) is 0 Å². The van der Waals surface area contributed by atoms with Crippen LogP contribution in [0.15, 0.2) is 0 Å². The van der Waals surface area contributed by atoms with Gasteiger partial charge in [-0.25, -0.2) is 0 Å². The molecular formula is C17H37N3O. The van der Waals surface area contributed by atoms with Crippen molar-refractivity contribution in [2.24, 2.45) is 0 Å². The molecule has 0 amide bonds. The zero-order valence-electron chi connectivity index (χ0n) is 15.1. The Hall–Kier alpha value is -0.160. The summed E-state index contributed by atoms with van der Waals surface area (Å²) in [5, 5.41) is 3.75. The Labute approximate surface area is 132 Å². The van der Waals surface area contributed by atoms with Gasteiger partial charge in [0.15, 0.2) is 0 Å². The minimum atomic E-state index is -0.0125. The third kappa shape index (κ3) is 7.09. The lowest BCUT2D eigenvalue weighted by Crippen LogP contribution is -2.52. The zero-order chi connectivity index (χ0) is 15.9. The van der Waals surface area contributed by atoms with Gasteiger partial charge in [0.25, 0.3) is 0 Å². The summed E-state index contributed by atoms with van der Waals surface area (Å²) in [6.45, 7) is 11.3. The molecule has 1 rings (SSSR count). The molecule has 2 atom stereocenters. The highest BCUT2D eigenvalue weighted by Crippen LogP contribution is 2.20. The predicted molar refractivity (Wildman–Crippen MR) is 90.9 cm³/mol. The van der Waals surface area contributed by atoms with Gasteiger partial charge in [-0.15, -0.1) is 0 Å². The summed E-state index contributed by atoms with van der Waals surface area (Å²) in [5.74, 6) is 0. The van der Waals surface area contributed by atoms with E-state index >= 15 is 0 Å². The van der Waals surface area contributed by atoms with Crippen LogP contribution in [0.2, 0.25) is 0 Å². The Morgan fingerprint density at radius 2 is 2.00 bits per heavy atom. The van der Waals surface area contributed by atoms with E-state index in [9.17, 15) is 0 Å². The van der Waals surface area contributed by atoms with E-state index in [1.165, 1.54) is 38.9 Å². The Kier molecular flexibility index (Phi) is 8.17. The summed E-state index contributed by atoms with van der Waals surface area (Å²) >= 11 is 0. The maximum absolute atomic E-state index is 5.57. The minimum Gasteiger partial charge on any atom is -0.379 e. The van der Waals surface area contributed by atoms with Crippen LogP contribution in [0.5, 0.6) is 0 Å². The monoisotopic (exact) mass is 299 g/mol. The molecule has 1 fully saturated rings. The molecule has 0 aromatic carbocycles. The molecule has 4 heteroatoms. The third-order valence-electron chi connectivity index (χ3n) is 4.87. The van der Waals surface area contributed by atoms with Crippen LogP contribution in [0.1, 0.15) is 46.5 Å². The lowest BCUT2D eigenvalue weighted by molar-refractivity contribution is 0.0101. The van der Waals surface area contributed by atoms with Crippen molar-refractivity contribution in [1.82, 2.24) is 15.1 Å². The molecule has 0 aromatic rings. The first-order valence-electron chi connectivity index (χ1n) is 8.55. The van der Waals surface area contributed by atoms with Gasteiger partial charge < -0.3 is 19.9 Å². The molecule has 1 N–H and O–H groups in total.